The van der Waals surface area contributed by atoms with Gasteiger partial charge in [-0.25, -0.2) is 4.39 Å². The van der Waals surface area contributed by atoms with Gasteiger partial charge in [-0.05, 0) is 28.1 Å². The van der Waals surface area contributed by atoms with Crippen LogP contribution in [0.25, 0.3) is 0 Å². The van der Waals surface area contributed by atoms with Gasteiger partial charge in [0.05, 0.1) is 0 Å². The molecule has 0 heterocycles. The lowest BCUT2D eigenvalue weighted by Gasteiger charge is -2.03. The van der Waals surface area contributed by atoms with Crippen molar-refractivity contribution in [2.45, 2.75) is 5.20 Å². The summed E-state index contributed by atoms with van der Waals surface area (Å²) in [5, 5.41) is 0.575. The molecule has 0 fully saturated rings. The first-order valence-electron chi connectivity index (χ1n) is 3.34. The number of hydrogen-bond acceptors (Lipinski definition) is 1. The number of rotatable bonds is 2. The first kappa shape index (κ1) is 9.19. The van der Waals surface area contributed by atoms with E-state index in [-0.39, 0.29) is 0 Å². The fourth-order valence-electron chi connectivity index (χ4n) is 0.772. The van der Waals surface area contributed by atoms with Gasteiger partial charge in [-0.1, -0.05) is 18.2 Å². The minimum Gasteiger partial charge on any atom is -0.313 e. The molecule has 0 bridgehead atoms. The number of hydrogen-bond donors (Lipinski definition) is 1. The normalized spacial score (nSPS) is 12.2. The minimum absolute atomic E-state index is 0.431. The highest BCUT2D eigenvalue weighted by atomic mass is 79.9. The summed E-state index contributed by atoms with van der Waals surface area (Å²) in [6.45, 7) is 0. The summed E-state index contributed by atoms with van der Waals surface area (Å²) in [6.07, 6.45) is 0. The molecule has 0 spiro atoms. The Morgan fingerprint density at radius 3 is 2.50 bits per heavy atom. The Bertz CT molecular complexity index is 263. The molecule has 0 saturated carbocycles. The van der Waals surface area contributed by atoms with Crippen molar-refractivity contribution in [2.24, 2.45) is 0 Å². The molecule has 1 unspecified atom stereocenters. The van der Waals surface area contributed by atoms with Crippen LogP contribution < -0.4 is 5.32 Å². The topological polar surface area (TPSA) is 29.1 Å². The van der Waals surface area contributed by atoms with Gasteiger partial charge in [0.1, 0.15) is 0 Å². The van der Waals surface area contributed by atoms with E-state index in [4.69, 9.17) is 0 Å². The average molecular weight is 232 g/mol. The average Bonchev–Trinajstić information content (AvgIpc) is 2.05. The summed E-state index contributed by atoms with van der Waals surface area (Å²) in [5.41, 5.74) is 0.444. The Labute approximate surface area is 77.9 Å². The molecule has 1 atom stereocenters. The van der Waals surface area contributed by atoms with Crippen LogP contribution >= 0.6 is 15.9 Å². The zero-order chi connectivity index (χ0) is 8.97. The van der Waals surface area contributed by atoms with Gasteiger partial charge in [-0.3, -0.25) is 4.79 Å². The quantitative estimate of drug-likeness (QED) is 0.613. The molecule has 1 N–H and O–H groups in total. The van der Waals surface area contributed by atoms with E-state index >= 15 is 0 Å². The lowest BCUT2D eigenvalue weighted by molar-refractivity contribution is 0.0930. The maximum Gasteiger partial charge on any atom is 0.254 e. The molecular formula is C8H7BrFNO. The van der Waals surface area contributed by atoms with Gasteiger partial charge >= 0.3 is 0 Å². The maximum atomic E-state index is 12.2. The lowest BCUT2D eigenvalue weighted by atomic mass is 10.2. The molecule has 0 aliphatic heterocycles. The molecule has 1 aromatic rings. The number of nitrogens with one attached hydrogen (secondary N) is 1. The largest absolute Gasteiger partial charge is 0.313 e. The lowest BCUT2D eigenvalue weighted by Crippen LogP contribution is -2.27. The predicted octanol–water partition coefficient (Wildman–Crippen LogP) is 2.06. The second kappa shape index (κ2) is 4.21. The van der Waals surface area contributed by atoms with Crippen LogP contribution in [0.15, 0.2) is 30.3 Å². The number of amides is 1. The van der Waals surface area contributed by atoms with Gasteiger partial charge in [0.25, 0.3) is 5.91 Å². The number of halogens is 2. The van der Waals surface area contributed by atoms with E-state index in [1.165, 1.54) is 0 Å². The summed E-state index contributed by atoms with van der Waals surface area (Å²) < 4.78 is 12.2. The van der Waals surface area contributed by atoms with Crippen LogP contribution in [0.1, 0.15) is 10.4 Å². The summed E-state index contributed by atoms with van der Waals surface area (Å²) in [4.78, 5) is 11.1. The van der Waals surface area contributed by atoms with E-state index in [0.29, 0.717) is 5.56 Å². The van der Waals surface area contributed by atoms with Crippen molar-refractivity contribution in [3.8, 4) is 0 Å². The third-order valence-electron chi connectivity index (χ3n) is 1.28. The van der Waals surface area contributed by atoms with Crippen LogP contribution in [0.5, 0.6) is 0 Å². The highest BCUT2D eigenvalue weighted by molar-refractivity contribution is 9.09. The molecule has 1 rings (SSSR count). The van der Waals surface area contributed by atoms with Crippen LogP contribution in [-0.2, 0) is 0 Å². The Morgan fingerprint density at radius 2 is 2.00 bits per heavy atom. The van der Waals surface area contributed by atoms with E-state index in [2.05, 4.69) is 21.2 Å². The van der Waals surface area contributed by atoms with E-state index in [1.807, 2.05) is 0 Å². The molecule has 1 amide bonds. The first-order valence-corrected chi connectivity index (χ1v) is 4.26. The highest BCUT2D eigenvalue weighted by Gasteiger charge is 2.07. The molecule has 64 valence electrons. The zero-order valence-electron chi connectivity index (χ0n) is 6.13. The van der Waals surface area contributed by atoms with Crippen molar-refractivity contribution < 1.29 is 9.18 Å². The van der Waals surface area contributed by atoms with Crippen LogP contribution in [-0.4, -0.2) is 11.1 Å². The maximum absolute atomic E-state index is 12.2. The van der Waals surface area contributed by atoms with Crippen molar-refractivity contribution in [2.75, 3.05) is 0 Å². The Morgan fingerprint density at radius 1 is 1.42 bits per heavy atom. The van der Waals surface area contributed by atoms with Crippen molar-refractivity contribution in [1.29, 1.82) is 0 Å². The second-order valence-electron chi connectivity index (χ2n) is 2.14. The molecule has 1 aromatic carbocycles. The van der Waals surface area contributed by atoms with Gasteiger partial charge in [0.15, 0.2) is 0 Å². The summed E-state index contributed by atoms with van der Waals surface area (Å²) >= 11 is 2.57. The van der Waals surface area contributed by atoms with Gasteiger partial charge in [-0.2, -0.15) is 0 Å². The van der Waals surface area contributed by atoms with Gasteiger partial charge in [0.2, 0.25) is 5.20 Å². The molecule has 12 heavy (non-hydrogen) atoms. The van der Waals surface area contributed by atoms with Gasteiger partial charge in [0, 0.05) is 5.56 Å². The van der Waals surface area contributed by atoms with Crippen LogP contribution in [0.2, 0.25) is 0 Å². The molecule has 0 aliphatic carbocycles. The van der Waals surface area contributed by atoms with Gasteiger partial charge in [-0.15, -0.1) is 0 Å². The Kier molecular flexibility index (Phi) is 3.22. The number of alkyl halides is 2. The number of benzene rings is 1. The standard InChI is InChI=1S/C8H7BrFNO/c9-8(10)11-7(12)6-4-2-1-3-5-6/h1-5,8H,(H,11,12). The summed E-state index contributed by atoms with van der Waals surface area (Å²) in [6, 6.07) is 8.46. The summed E-state index contributed by atoms with van der Waals surface area (Å²) in [5.74, 6) is -0.431. The first-order chi connectivity index (χ1) is 5.70. The Balaban J connectivity index is 2.66. The zero-order valence-corrected chi connectivity index (χ0v) is 7.71. The van der Waals surface area contributed by atoms with Gasteiger partial charge < -0.3 is 5.32 Å². The monoisotopic (exact) mass is 231 g/mol. The van der Waals surface area contributed by atoms with E-state index in [9.17, 15) is 9.18 Å². The highest BCUT2D eigenvalue weighted by Crippen LogP contribution is 2.01. The molecule has 0 aromatic heterocycles. The van der Waals surface area contributed by atoms with Crippen LogP contribution in [0, 0.1) is 0 Å². The molecule has 4 heteroatoms. The minimum atomic E-state index is -1.50. The SMILES string of the molecule is O=C(NC(F)Br)c1ccccc1. The Hall–Kier alpha value is -0.900. The smallest absolute Gasteiger partial charge is 0.254 e. The fraction of sp³-hybridized carbons (Fsp3) is 0.125. The van der Waals surface area contributed by atoms with E-state index < -0.39 is 11.1 Å². The van der Waals surface area contributed by atoms with Crippen molar-refractivity contribution >= 4 is 21.8 Å². The third kappa shape index (κ3) is 2.62. The van der Waals surface area contributed by atoms with E-state index in [0.717, 1.165) is 0 Å². The van der Waals surface area contributed by atoms with E-state index in [1.54, 1.807) is 30.3 Å². The van der Waals surface area contributed by atoms with Crippen LogP contribution in [0.3, 0.4) is 0 Å². The molecular weight excluding hydrogens is 225 g/mol. The van der Waals surface area contributed by atoms with Crippen LogP contribution in [0.4, 0.5) is 4.39 Å². The third-order valence-corrected chi connectivity index (χ3v) is 1.51. The van der Waals surface area contributed by atoms with Crippen molar-refractivity contribution in [1.82, 2.24) is 5.32 Å². The molecule has 0 saturated heterocycles. The summed E-state index contributed by atoms with van der Waals surface area (Å²) in [7, 11) is 0. The molecule has 0 aliphatic rings. The number of carbonyl (C=O) groups is 1. The van der Waals surface area contributed by atoms with Crippen molar-refractivity contribution in [3.63, 3.8) is 0 Å². The number of carbonyl (C=O) groups excluding carboxylic acids is 1. The van der Waals surface area contributed by atoms with Crippen molar-refractivity contribution in [3.05, 3.63) is 35.9 Å². The predicted molar refractivity (Wildman–Crippen MR) is 47.7 cm³/mol. The fourth-order valence-corrected chi connectivity index (χ4v) is 0.980. The molecule has 0 radical (unpaired) electrons. The molecule has 2 nitrogen and oxygen atoms in total. The second-order valence-corrected chi connectivity index (χ2v) is 2.94.